The lowest BCUT2D eigenvalue weighted by atomic mass is 9.94. The van der Waals surface area contributed by atoms with E-state index in [1.54, 1.807) is 0 Å². The van der Waals surface area contributed by atoms with Crippen molar-refractivity contribution in [1.29, 1.82) is 0 Å². The fourth-order valence-corrected chi connectivity index (χ4v) is 7.56. The highest BCUT2D eigenvalue weighted by molar-refractivity contribution is 6.23. The van der Waals surface area contributed by atoms with Crippen LogP contribution in [-0.4, -0.2) is 15.0 Å². The molecule has 0 fully saturated rings. The first-order valence-corrected chi connectivity index (χ1v) is 17.6. The molecule has 4 nitrogen and oxygen atoms in total. The molecule has 2 heterocycles. The predicted octanol–water partition coefficient (Wildman–Crippen LogP) is 12.9. The summed E-state index contributed by atoms with van der Waals surface area (Å²) in [6.07, 6.45) is 0. The molecule has 8 aromatic carbocycles. The molecule has 4 heteroatoms. The van der Waals surface area contributed by atoms with E-state index in [1.807, 2.05) is 18.2 Å². The molecule has 0 saturated carbocycles. The number of fused-ring (bicyclic) bond motifs is 6. The summed E-state index contributed by atoms with van der Waals surface area (Å²) in [5.74, 6) is 0.611. The van der Waals surface area contributed by atoms with E-state index in [0.29, 0.717) is 5.95 Å². The minimum absolute atomic E-state index is 0.611. The van der Waals surface area contributed by atoms with Crippen LogP contribution in [-0.2, 0) is 0 Å². The molecule has 0 aliphatic rings. The number of benzene rings is 8. The average molecular weight is 665 g/mol. The maximum absolute atomic E-state index is 5.35. The van der Waals surface area contributed by atoms with Gasteiger partial charge in [0.05, 0.1) is 11.2 Å². The van der Waals surface area contributed by atoms with Crippen LogP contribution in [0.1, 0.15) is 0 Å². The predicted molar refractivity (Wildman–Crippen MR) is 217 cm³/mol. The van der Waals surface area contributed by atoms with Gasteiger partial charge in [0.25, 0.3) is 0 Å². The first-order chi connectivity index (χ1) is 25.8. The Hall–Kier alpha value is -7.04. The Labute approximate surface area is 301 Å². The minimum Gasteiger partial charge on any atom is -0.354 e. The van der Waals surface area contributed by atoms with Crippen molar-refractivity contribution in [2.24, 2.45) is 0 Å². The minimum atomic E-state index is 0.611. The van der Waals surface area contributed by atoms with Crippen molar-refractivity contribution >= 4 is 60.8 Å². The molecule has 2 aromatic heterocycles. The Morgan fingerprint density at radius 1 is 0.385 bits per heavy atom. The van der Waals surface area contributed by atoms with E-state index in [0.717, 1.165) is 50.1 Å². The van der Waals surface area contributed by atoms with E-state index in [-0.39, 0.29) is 0 Å². The number of hydrogen-bond donors (Lipinski definition) is 1. The van der Waals surface area contributed by atoms with Gasteiger partial charge < -0.3 is 4.98 Å². The van der Waals surface area contributed by atoms with Gasteiger partial charge in [-0.1, -0.05) is 146 Å². The Morgan fingerprint density at radius 3 is 1.79 bits per heavy atom. The third-order valence-corrected chi connectivity index (χ3v) is 10.00. The van der Waals surface area contributed by atoms with Crippen LogP contribution in [0.4, 0.5) is 17.3 Å². The average Bonchev–Trinajstić information content (AvgIpc) is 3.60. The zero-order chi connectivity index (χ0) is 34.4. The zero-order valence-corrected chi connectivity index (χ0v) is 28.2. The number of aromatic amines is 1. The van der Waals surface area contributed by atoms with Crippen LogP contribution in [0.25, 0.3) is 77.0 Å². The van der Waals surface area contributed by atoms with E-state index in [1.165, 1.54) is 38.2 Å². The third kappa shape index (κ3) is 5.09. The number of nitrogens with one attached hydrogen (secondary N) is 1. The summed E-state index contributed by atoms with van der Waals surface area (Å²) >= 11 is 0. The second-order valence-electron chi connectivity index (χ2n) is 13.1. The molecule has 10 aromatic rings. The fraction of sp³-hybridized carbons (Fsp3) is 0. The summed E-state index contributed by atoms with van der Waals surface area (Å²) in [5.41, 5.74) is 11.7. The largest absolute Gasteiger partial charge is 0.354 e. The van der Waals surface area contributed by atoms with Crippen molar-refractivity contribution < 1.29 is 0 Å². The molecule has 0 saturated heterocycles. The van der Waals surface area contributed by atoms with E-state index in [4.69, 9.17) is 9.97 Å². The molecular formula is C48H32N4. The highest BCUT2D eigenvalue weighted by Gasteiger charge is 2.20. The normalized spacial score (nSPS) is 11.5. The molecule has 0 bridgehead atoms. The number of anilines is 3. The lowest BCUT2D eigenvalue weighted by Crippen LogP contribution is -2.14. The van der Waals surface area contributed by atoms with E-state index in [9.17, 15) is 0 Å². The summed E-state index contributed by atoms with van der Waals surface area (Å²) in [4.78, 5) is 16.4. The van der Waals surface area contributed by atoms with Crippen molar-refractivity contribution in [3.05, 3.63) is 188 Å². The Balaban J connectivity index is 1.15. The van der Waals surface area contributed by atoms with Crippen LogP contribution in [0.15, 0.2) is 188 Å². The molecule has 0 aliphatic heterocycles. The van der Waals surface area contributed by atoms with Gasteiger partial charge in [-0.3, -0.25) is 4.90 Å². The van der Waals surface area contributed by atoms with Crippen molar-refractivity contribution in [1.82, 2.24) is 15.0 Å². The number of nitrogens with zero attached hydrogens (tertiary/aromatic N) is 3. The van der Waals surface area contributed by atoms with Crippen LogP contribution in [0.3, 0.4) is 0 Å². The molecule has 0 radical (unpaired) electrons. The summed E-state index contributed by atoms with van der Waals surface area (Å²) < 4.78 is 0. The maximum Gasteiger partial charge on any atom is 0.235 e. The lowest BCUT2D eigenvalue weighted by Gasteiger charge is -2.25. The summed E-state index contributed by atoms with van der Waals surface area (Å²) in [6.45, 7) is 0. The van der Waals surface area contributed by atoms with E-state index < -0.39 is 0 Å². The Morgan fingerprint density at radius 2 is 0.981 bits per heavy atom. The number of H-pyrrole nitrogens is 1. The van der Waals surface area contributed by atoms with E-state index >= 15 is 0 Å². The molecule has 244 valence electrons. The van der Waals surface area contributed by atoms with Crippen molar-refractivity contribution in [3.8, 4) is 33.5 Å². The van der Waals surface area contributed by atoms with Gasteiger partial charge in [-0.25, -0.2) is 9.97 Å². The van der Waals surface area contributed by atoms with Crippen LogP contribution >= 0.6 is 0 Å². The summed E-state index contributed by atoms with van der Waals surface area (Å²) in [5, 5.41) is 5.96. The molecule has 0 spiro atoms. The van der Waals surface area contributed by atoms with Gasteiger partial charge in [0, 0.05) is 44.1 Å². The molecule has 0 amide bonds. The SMILES string of the molecule is c1ccc(-c2ccc(-c3nc(N(c4ccccc4)c4cccc(-c5cc6[nH]c7ccccc7c6c6ccccc56)c4)nc4ccccc34)cc2)cc1. The molecule has 1 N–H and O–H groups in total. The second kappa shape index (κ2) is 12.4. The zero-order valence-electron chi connectivity index (χ0n) is 28.2. The molecule has 0 atom stereocenters. The van der Waals surface area contributed by atoms with Gasteiger partial charge in [0.2, 0.25) is 5.95 Å². The van der Waals surface area contributed by atoms with E-state index in [2.05, 4.69) is 180 Å². The maximum atomic E-state index is 5.35. The van der Waals surface area contributed by atoms with Gasteiger partial charge in [-0.15, -0.1) is 0 Å². The topological polar surface area (TPSA) is 44.8 Å². The van der Waals surface area contributed by atoms with Gasteiger partial charge in [0.15, 0.2) is 0 Å². The standard InChI is InChI=1S/C48H32N4/c1-3-14-32(15-4-1)33-26-28-34(29-27-33)47-41-23-10-12-25-44(41)50-48(51-47)52(36-17-5-2-6-18-36)37-19-13-16-35(30-37)42-31-45-46(39-21-8-7-20-38(39)42)40-22-9-11-24-43(40)49-45/h1-31,49H. The molecule has 0 unspecified atom stereocenters. The molecule has 0 aliphatic carbocycles. The summed E-state index contributed by atoms with van der Waals surface area (Å²) in [7, 11) is 0. The smallest absolute Gasteiger partial charge is 0.235 e. The van der Waals surface area contributed by atoms with Crippen LogP contribution in [0.2, 0.25) is 0 Å². The van der Waals surface area contributed by atoms with Gasteiger partial charge in [0.1, 0.15) is 0 Å². The first kappa shape index (κ1) is 29.8. The number of rotatable bonds is 6. The Kier molecular flexibility index (Phi) is 7.10. The molecular weight excluding hydrogens is 633 g/mol. The molecule has 52 heavy (non-hydrogen) atoms. The fourth-order valence-electron chi connectivity index (χ4n) is 7.56. The van der Waals surface area contributed by atoms with Gasteiger partial charge >= 0.3 is 0 Å². The number of aromatic nitrogens is 3. The van der Waals surface area contributed by atoms with Crippen molar-refractivity contribution in [3.63, 3.8) is 0 Å². The van der Waals surface area contributed by atoms with Gasteiger partial charge in [-0.05, 0) is 75.5 Å². The quantitative estimate of drug-likeness (QED) is 0.192. The first-order valence-electron chi connectivity index (χ1n) is 17.6. The Bertz CT molecular complexity index is 2890. The monoisotopic (exact) mass is 664 g/mol. The highest BCUT2D eigenvalue weighted by Crippen LogP contribution is 2.41. The van der Waals surface area contributed by atoms with Gasteiger partial charge in [-0.2, -0.15) is 0 Å². The molecule has 10 rings (SSSR count). The third-order valence-electron chi connectivity index (χ3n) is 10.00. The number of hydrogen-bond acceptors (Lipinski definition) is 3. The van der Waals surface area contributed by atoms with Crippen LogP contribution in [0.5, 0.6) is 0 Å². The lowest BCUT2D eigenvalue weighted by molar-refractivity contribution is 1.11. The van der Waals surface area contributed by atoms with Crippen LogP contribution < -0.4 is 4.90 Å². The van der Waals surface area contributed by atoms with Crippen molar-refractivity contribution in [2.45, 2.75) is 0 Å². The second-order valence-corrected chi connectivity index (χ2v) is 13.1. The summed E-state index contributed by atoms with van der Waals surface area (Å²) in [6, 6.07) is 66.1. The highest BCUT2D eigenvalue weighted by atomic mass is 15.3. The van der Waals surface area contributed by atoms with Crippen LogP contribution in [0, 0.1) is 0 Å². The van der Waals surface area contributed by atoms with Crippen molar-refractivity contribution in [2.75, 3.05) is 4.90 Å². The number of para-hydroxylation sites is 3.